The summed E-state index contributed by atoms with van der Waals surface area (Å²) in [5.74, 6) is 0.309. The summed E-state index contributed by atoms with van der Waals surface area (Å²) in [6, 6.07) is 0. The first-order valence-corrected chi connectivity index (χ1v) is 11.3. The van der Waals surface area contributed by atoms with Crippen molar-refractivity contribution in [2.75, 3.05) is 26.9 Å². The van der Waals surface area contributed by atoms with E-state index < -0.39 is 10.9 Å². The van der Waals surface area contributed by atoms with E-state index in [0.29, 0.717) is 17.6 Å². The molecule has 4 atom stereocenters. The smallest absolute Gasteiger partial charge is 0.309 e. The number of unbranched alkanes of at least 4 members (excludes halogenated alkanes) is 3. The third-order valence-electron chi connectivity index (χ3n) is 5.74. The highest BCUT2D eigenvalue weighted by Gasteiger charge is 2.42. The molecule has 0 radical (unpaired) electrons. The van der Waals surface area contributed by atoms with Crippen LogP contribution < -0.4 is 4.65 Å². The number of hydrogen-bond acceptors (Lipinski definition) is 7. The molecule has 2 fully saturated rings. The van der Waals surface area contributed by atoms with Gasteiger partial charge in [0.25, 0.3) is 0 Å². The molecule has 4 unspecified atom stereocenters. The molecule has 0 bridgehead atoms. The Morgan fingerprint density at radius 1 is 1.26 bits per heavy atom. The van der Waals surface area contributed by atoms with E-state index in [1.165, 1.54) is 37.0 Å². The van der Waals surface area contributed by atoms with E-state index in [9.17, 15) is 10.3 Å². The summed E-state index contributed by atoms with van der Waals surface area (Å²) in [6.45, 7) is 3.66. The van der Waals surface area contributed by atoms with Crippen LogP contribution in [0.1, 0.15) is 75.6 Å². The van der Waals surface area contributed by atoms with Gasteiger partial charge in [-0.05, 0) is 44.1 Å². The first kappa shape index (κ1) is 21.1. The predicted molar refractivity (Wildman–Crippen MR) is 108 cm³/mol. The van der Waals surface area contributed by atoms with Crippen molar-refractivity contribution >= 4 is 16.5 Å². The molecule has 0 amide bonds. The van der Waals surface area contributed by atoms with E-state index in [0.717, 1.165) is 43.7 Å². The maximum atomic E-state index is 13.0. The maximum Gasteiger partial charge on any atom is 0.309 e. The highest BCUT2D eigenvalue weighted by Crippen LogP contribution is 2.39. The Hall–Kier alpha value is -0.640. The molecule has 1 N–H and O–H groups in total. The third-order valence-corrected chi connectivity index (χ3v) is 6.94. The number of aromatic nitrogens is 2. The van der Waals surface area contributed by atoms with Crippen molar-refractivity contribution in [2.24, 2.45) is 0 Å². The van der Waals surface area contributed by atoms with Gasteiger partial charge >= 0.3 is 5.13 Å². The van der Waals surface area contributed by atoms with Crippen molar-refractivity contribution < 1.29 is 9.84 Å². The molecule has 7 nitrogen and oxygen atoms in total. The Balaban J connectivity index is 1.59. The Morgan fingerprint density at radius 2 is 2.07 bits per heavy atom. The lowest BCUT2D eigenvalue weighted by Gasteiger charge is -2.36. The van der Waals surface area contributed by atoms with Crippen LogP contribution in [0, 0.1) is 5.21 Å². The molecule has 8 heteroatoms. The van der Waals surface area contributed by atoms with E-state index in [1.54, 1.807) is 0 Å². The molecule has 2 heterocycles. The zero-order valence-corrected chi connectivity index (χ0v) is 17.5. The van der Waals surface area contributed by atoms with Gasteiger partial charge in [0.05, 0.1) is 12.6 Å². The van der Waals surface area contributed by atoms with Crippen LogP contribution in [0.5, 0.6) is 0 Å². The SMILES string of the molecule is CCCCCCOC1CCCCC(c2nnc([N+]3([O-])CN(C)CC3O)s2)C1. The minimum Gasteiger partial charge on any atom is -0.623 e. The fraction of sp³-hybridized carbons (Fsp3) is 0.895. The molecular formula is C19H34N4O3S. The van der Waals surface area contributed by atoms with E-state index in [-0.39, 0.29) is 12.8 Å². The molecule has 3 rings (SSSR count). The number of aliphatic hydroxyl groups is 1. The Morgan fingerprint density at radius 3 is 2.81 bits per heavy atom. The standard InChI is InChI=1S/C19H34N4O3S/c1-3-4-5-8-11-26-16-10-7-6-9-15(12-16)18-20-21-19(27-18)23(25)14-22(2)13-17(23)24/h15-17,24H,3-14H2,1-2H3. The van der Waals surface area contributed by atoms with Crippen molar-refractivity contribution in [3.8, 4) is 0 Å². The predicted octanol–water partition coefficient (Wildman–Crippen LogP) is 3.58. The summed E-state index contributed by atoms with van der Waals surface area (Å²) in [5.41, 5.74) is 0. The average molecular weight is 399 g/mol. The molecule has 27 heavy (non-hydrogen) atoms. The molecule has 1 saturated carbocycles. The van der Waals surface area contributed by atoms with Crippen molar-refractivity contribution in [3.63, 3.8) is 0 Å². The number of hydrogen-bond donors (Lipinski definition) is 1. The molecular weight excluding hydrogens is 364 g/mol. The van der Waals surface area contributed by atoms with Crippen LogP contribution >= 0.6 is 11.3 Å². The molecule has 0 aromatic carbocycles. The summed E-state index contributed by atoms with van der Waals surface area (Å²) in [4.78, 5) is 1.84. The van der Waals surface area contributed by atoms with E-state index in [1.807, 2.05) is 11.9 Å². The Kier molecular flexibility index (Phi) is 7.58. The molecule has 1 aromatic heterocycles. The number of likely N-dealkylation sites (N-methyl/N-ethyl adjacent to an activating group) is 1. The summed E-state index contributed by atoms with van der Waals surface area (Å²) in [7, 11) is 1.84. The maximum absolute atomic E-state index is 13.0. The molecule has 154 valence electrons. The quantitative estimate of drug-likeness (QED) is 0.312. The minimum absolute atomic E-state index is 0.226. The summed E-state index contributed by atoms with van der Waals surface area (Å²) in [5, 5.41) is 33.1. The van der Waals surface area contributed by atoms with E-state index in [2.05, 4.69) is 17.1 Å². The first-order chi connectivity index (χ1) is 13.0. The normalized spacial score (nSPS) is 32.7. The lowest BCUT2D eigenvalue weighted by molar-refractivity contribution is 0.0378. The van der Waals surface area contributed by atoms with E-state index in [4.69, 9.17) is 4.74 Å². The van der Waals surface area contributed by atoms with Crippen LogP contribution in [0.25, 0.3) is 0 Å². The van der Waals surface area contributed by atoms with Crippen molar-refractivity contribution in [1.82, 2.24) is 19.7 Å². The number of quaternary nitrogens is 1. The largest absolute Gasteiger partial charge is 0.623 e. The van der Waals surface area contributed by atoms with Crippen LogP contribution in [0.4, 0.5) is 5.13 Å². The number of rotatable bonds is 8. The molecule has 2 aliphatic rings. The van der Waals surface area contributed by atoms with Crippen LogP contribution in [-0.2, 0) is 4.74 Å². The summed E-state index contributed by atoms with van der Waals surface area (Å²) >= 11 is 1.38. The first-order valence-electron chi connectivity index (χ1n) is 10.4. The van der Waals surface area contributed by atoms with Crippen LogP contribution in [-0.4, -0.2) is 59.4 Å². The topological polar surface area (TPSA) is 81.5 Å². The average Bonchev–Trinajstić information content (AvgIpc) is 3.14. The third kappa shape index (κ3) is 5.25. The molecule has 1 aromatic rings. The Labute approximate surface area is 166 Å². The lowest BCUT2D eigenvalue weighted by atomic mass is 10.0. The van der Waals surface area contributed by atoms with Gasteiger partial charge in [-0.25, -0.2) is 0 Å². The van der Waals surface area contributed by atoms with Crippen molar-refractivity contribution in [2.45, 2.75) is 83.0 Å². The monoisotopic (exact) mass is 398 g/mol. The van der Waals surface area contributed by atoms with Gasteiger partial charge in [0.2, 0.25) is 6.23 Å². The fourth-order valence-corrected chi connectivity index (χ4v) is 5.19. The van der Waals surface area contributed by atoms with Gasteiger partial charge in [0, 0.05) is 12.5 Å². The molecule has 1 aliphatic carbocycles. The van der Waals surface area contributed by atoms with Gasteiger partial charge < -0.3 is 15.1 Å². The Bertz CT molecular complexity index is 587. The second-order valence-electron chi connectivity index (χ2n) is 8.15. The number of β-amino-alcohol motifs (C(OH)–C–C–N with tert-alkyl or cyclic N) is 1. The van der Waals surface area contributed by atoms with Gasteiger partial charge in [-0.2, -0.15) is 0 Å². The molecule has 0 spiro atoms. The van der Waals surface area contributed by atoms with Gasteiger partial charge in [-0.3, -0.25) is 9.55 Å². The highest BCUT2D eigenvalue weighted by molar-refractivity contribution is 7.15. The molecule has 1 aliphatic heterocycles. The number of ether oxygens (including phenoxy) is 1. The summed E-state index contributed by atoms with van der Waals surface area (Å²) < 4.78 is 5.37. The molecule has 1 saturated heterocycles. The number of hydroxylamine groups is 2. The minimum atomic E-state index is -0.982. The van der Waals surface area contributed by atoms with Crippen LogP contribution in [0.2, 0.25) is 0 Å². The fourth-order valence-electron chi connectivity index (χ4n) is 4.12. The van der Waals surface area contributed by atoms with Crippen molar-refractivity contribution in [1.29, 1.82) is 0 Å². The number of aliphatic hydroxyl groups excluding tert-OH is 1. The van der Waals surface area contributed by atoms with Crippen molar-refractivity contribution in [3.05, 3.63) is 10.2 Å². The van der Waals surface area contributed by atoms with Gasteiger partial charge in [-0.15, -0.1) is 5.10 Å². The highest BCUT2D eigenvalue weighted by atomic mass is 32.1. The second-order valence-corrected chi connectivity index (χ2v) is 9.14. The zero-order valence-electron chi connectivity index (χ0n) is 16.7. The zero-order chi connectivity index (χ0) is 19.3. The second kappa shape index (κ2) is 9.71. The van der Waals surface area contributed by atoms with Gasteiger partial charge in [0.1, 0.15) is 11.7 Å². The van der Waals surface area contributed by atoms with Crippen LogP contribution in [0.3, 0.4) is 0 Å². The number of nitrogens with zero attached hydrogens (tertiary/aromatic N) is 4. The van der Waals surface area contributed by atoms with Gasteiger partial charge in [0.15, 0.2) is 0 Å². The summed E-state index contributed by atoms with van der Waals surface area (Å²) in [6.07, 6.45) is 9.71. The van der Waals surface area contributed by atoms with Crippen LogP contribution in [0.15, 0.2) is 0 Å². The van der Waals surface area contributed by atoms with Gasteiger partial charge in [-0.1, -0.05) is 44.1 Å². The van der Waals surface area contributed by atoms with E-state index >= 15 is 0 Å². The lowest BCUT2D eigenvalue weighted by Crippen LogP contribution is -2.48.